The van der Waals surface area contributed by atoms with Gasteiger partial charge in [0.25, 0.3) is 5.91 Å². The van der Waals surface area contributed by atoms with Crippen molar-refractivity contribution in [2.75, 3.05) is 5.32 Å². The summed E-state index contributed by atoms with van der Waals surface area (Å²) in [6.07, 6.45) is 2.95. The molecule has 23 heavy (non-hydrogen) atoms. The number of carboxylic acids is 1. The van der Waals surface area contributed by atoms with Crippen LogP contribution >= 0.6 is 11.3 Å². The van der Waals surface area contributed by atoms with Crippen molar-refractivity contribution in [3.05, 3.63) is 47.6 Å². The zero-order chi connectivity index (χ0) is 16.6. The van der Waals surface area contributed by atoms with Gasteiger partial charge < -0.3 is 10.4 Å². The van der Waals surface area contributed by atoms with Gasteiger partial charge in [-0.2, -0.15) is 5.10 Å². The van der Waals surface area contributed by atoms with Crippen molar-refractivity contribution in [3.63, 3.8) is 0 Å². The summed E-state index contributed by atoms with van der Waals surface area (Å²) in [6.45, 7) is 3.08. The number of hydrogen-bond donors (Lipinski definition) is 2. The maximum absolute atomic E-state index is 12.3. The smallest absolute Gasteiger partial charge is 0.331 e. The highest BCUT2D eigenvalue weighted by Crippen LogP contribution is 2.26. The Morgan fingerprint density at radius 3 is 2.74 bits per heavy atom. The lowest BCUT2D eigenvalue weighted by Crippen LogP contribution is -2.35. The molecule has 1 amide bonds. The monoisotopic (exact) mass is 329 g/mol. The third-order valence-electron chi connectivity index (χ3n) is 3.59. The van der Waals surface area contributed by atoms with E-state index in [4.69, 9.17) is 0 Å². The Morgan fingerprint density at radius 1 is 1.30 bits per heavy atom. The molecule has 2 N–H and O–H groups in total. The lowest BCUT2D eigenvalue weighted by Gasteiger charge is -2.19. The Labute approximate surface area is 136 Å². The highest BCUT2D eigenvalue weighted by Gasteiger charge is 2.30. The first-order chi connectivity index (χ1) is 10.9. The number of amides is 1. The van der Waals surface area contributed by atoms with E-state index in [9.17, 15) is 14.7 Å². The van der Waals surface area contributed by atoms with Crippen LogP contribution in [0.1, 0.15) is 23.5 Å². The number of carbonyl (C=O) groups excluding carboxylic acids is 1. The quantitative estimate of drug-likeness (QED) is 0.770. The number of benzene rings is 1. The molecule has 0 atom stereocenters. The van der Waals surface area contributed by atoms with E-state index >= 15 is 0 Å². The standard InChI is InChI=1S/C16H15N3O3S/c1-16(2,15(21)22)19-9-11(8-17-19)18-14(20)13-7-10-5-3-4-6-12(10)23-13/h3-9H,1-2H3,(H,18,20)(H,21,22). The number of nitrogens with zero attached hydrogens (tertiary/aromatic N) is 2. The van der Waals surface area contributed by atoms with Crippen molar-refractivity contribution < 1.29 is 14.7 Å². The van der Waals surface area contributed by atoms with Crippen LogP contribution in [0.4, 0.5) is 5.69 Å². The van der Waals surface area contributed by atoms with Gasteiger partial charge in [0.15, 0.2) is 5.54 Å². The van der Waals surface area contributed by atoms with E-state index in [2.05, 4.69) is 10.4 Å². The molecule has 0 aliphatic carbocycles. The lowest BCUT2D eigenvalue weighted by molar-refractivity contribution is -0.146. The lowest BCUT2D eigenvalue weighted by atomic mass is 10.1. The topological polar surface area (TPSA) is 84.2 Å². The summed E-state index contributed by atoms with van der Waals surface area (Å²) in [5.41, 5.74) is -0.720. The first-order valence-corrected chi connectivity index (χ1v) is 7.78. The van der Waals surface area contributed by atoms with E-state index in [1.807, 2.05) is 30.3 Å². The number of aromatic nitrogens is 2. The number of fused-ring (bicyclic) bond motifs is 1. The number of rotatable bonds is 4. The number of thiophene rings is 1. The van der Waals surface area contributed by atoms with Crippen molar-refractivity contribution in [1.29, 1.82) is 0 Å². The second kappa shape index (κ2) is 5.51. The van der Waals surface area contributed by atoms with Crippen molar-refractivity contribution in [2.24, 2.45) is 0 Å². The molecule has 0 unspecified atom stereocenters. The number of carbonyl (C=O) groups is 2. The van der Waals surface area contributed by atoms with Gasteiger partial charge in [-0.05, 0) is 31.4 Å². The maximum Gasteiger partial charge on any atom is 0.331 e. The van der Waals surface area contributed by atoms with Crippen LogP contribution in [-0.4, -0.2) is 26.8 Å². The molecule has 1 aromatic carbocycles. The molecule has 0 saturated heterocycles. The fourth-order valence-electron chi connectivity index (χ4n) is 2.08. The van der Waals surface area contributed by atoms with E-state index < -0.39 is 11.5 Å². The molecule has 2 aromatic heterocycles. The molecule has 3 rings (SSSR count). The predicted molar refractivity (Wildman–Crippen MR) is 89.0 cm³/mol. The molecule has 0 radical (unpaired) electrons. The van der Waals surface area contributed by atoms with Gasteiger partial charge in [0.2, 0.25) is 0 Å². The minimum absolute atomic E-state index is 0.237. The summed E-state index contributed by atoms with van der Waals surface area (Å²) in [7, 11) is 0. The fraction of sp³-hybridized carbons (Fsp3) is 0.188. The number of hydrogen-bond acceptors (Lipinski definition) is 4. The number of nitrogens with one attached hydrogen (secondary N) is 1. The van der Waals surface area contributed by atoms with Crippen molar-refractivity contribution in [3.8, 4) is 0 Å². The van der Waals surface area contributed by atoms with Crippen LogP contribution in [0.25, 0.3) is 10.1 Å². The Hall–Kier alpha value is -2.67. The normalized spacial score (nSPS) is 11.6. The third kappa shape index (κ3) is 2.83. The zero-order valence-electron chi connectivity index (χ0n) is 12.6. The fourth-order valence-corrected chi connectivity index (χ4v) is 3.04. The number of anilines is 1. The number of carboxylic acid groups (broad SMARTS) is 1. The predicted octanol–water partition coefficient (Wildman–Crippen LogP) is 3.17. The van der Waals surface area contributed by atoms with Gasteiger partial charge in [0, 0.05) is 10.9 Å². The van der Waals surface area contributed by atoms with Gasteiger partial charge in [-0.25, -0.2) is 4.79 Å². The molecular formula is C16H15N3O3S. The van der Waals surface area contributed by atoms with E-state index in [0.717, 1.165) is 10.1 Å². The van der Waals surface area contributed by atoms with Crippen molar-refractivity contribution in [2.45, 2.75) is 19.4 Å². The summed E-state index contributed by atoms with van der Waals surface area (Å²) in [5, 5.41) is 17.0. The average molecular weight is 329 g/mol. The first kappa shape index (κ1) is 15.2. The molecule has 118 valence electrons. The van der Waals surface area contributed by atoms with Gasteiger partial charge in [0.05, 0.1) is 16.8 Å². The molecular weight excluding hydrogens is 314 g/mol. The minimum atomic E-state index is -1.18. The molecule has 3 aromatic rings. The Bertz CT molecular complexity index is 862. The Morgan fingerprint density at radius 2 is 2.04 bits per heavy atom. The van der Waals surface area contributed by atoms with Gasteiger partial charge in [0.1, 0.15) is 0 Å². The highest BCUT2D eigenvalue weighted by molar-refractivity contribution is 7.20. The van der Waals surface area contributed by atoms with Crippen LogP contribution in [0.15, 0.2) is 42.7 Å². The van der Waals surface area contributed by atoms with E-state index in [1.165, 1.54) is 28.4 Å². The molecule has 0 aliphatic rings. The molecule has 0 saturated carbocycles. The summed E-state index contributed by atoms with van der Waals surface area (Å²) < 4.78 is 2.36. The molecule has 0 spiro atoms. The Kier molecular flexibility index (Phi) is 3.65. The van der Waals surface area contributed by atoms with Crippen LogP contribution < -0.4 is 5.32 Å². The van der Waals surface area contributed by atoms with Gasteiger partial charge >= 0.3 is 5.97 Å². The minimum Gasteiger partial charge on any atom is -0.479 e. The third-order valence-corrected chi connectivity index (χ3v) is 4.70. The largest absolute Gasteiger partial charge is 0.479 e. The summed E-state index contributed by atoms with van der Waals surface area (Å²) in [6, 6.07) is 9.61. The average Bonchev–Trinajstić information content (AvgIpc) is 3.13. The van der Waals surface area contributed by atoms with Gasteiger partial charge in [-0.15, -0.1) is 11.3 Å². The maximum atomic E-state index is 12.3. The van der Waals surface area contributed by atoms with Gasteiger partial charge in [-0.3, -0.25) is 9.48 Å². The Balaban J connectivity index is 1.81. The van der Waals surface area contributed by atoms with Crippen molar-refractivity contribution >= 4 is 39.0 Å². The highest BCUT2D eigenvalue weighted by atomic mass is 32.1. The summed E-state index contributed by atoms with van der Waals surface area (Å²) >= 11 is 1.41. The first-order valence-electron chi connectivity index (χ1n) is 6.96. The second-order valence-electron chi connectivity index (χ2n) is 5.64. The van der Waals surface area contributed by atoms with Crippen LogP contribution in [0.5, 0.6) is 0 Å². The molecule has 2 heterocycles. The number of aliphatic carboxylic acids is 1. The van der Waals surface area contributed by atoms with Crippen LogP contribution in [0, 0.1) is 0 Å². The second-order valence-corrected chi connectivity index (χ2v) is 6.72. The van der Waals surface area contributed by atoms with Crippen LogP contribution in [0.3, 0.4) is 0 Å². The van der Waals surface area contributed by atoms with E-state index in [0.29, 0.717) is 10.6 Å². The molecule has 0 bridgehead atoms. The zero-order valence-corrected chi connectivity index (χ0v) is 13.4. The van der Waals surface area contributed by atoms with Gasteiger partial charge in [-0.1, -0.05) is 18.2 Å². The summed E-state index contributed by atoms with van der Waals surface area (Å²) in [5.74, 6) is -1.23. The van der Waals surface area contributed by atoms with E-state index in [1.54, 1.807) is 13.8 Å². The van der Waals surface area contributed by atoms with Crippen LogP contribution in [0.2, 0.25) is 0 Å². The van der Waals surface area contributed by atoms with E-state index in [-0.39, 0.29) is 5.91 Å². The molecule has 0 fully saturated rings. The SMILES string of the molecule is CC(C)(C(=O)O)n1cc(NC(=O)c2cc3ccccc3s2)cn1. The van der Waals surface area contributed by atoms with Crippen LogP contribution in [-0.2, 0) is 10.3 Å². The molecule has 0 aliphatic heterocycles. The molecule has 7 heteroatoms. The van der Waals surface area contributed by atoms with Crippen molar-refractivity contribution in [1.82, 2.24) is 9.78 Å². The summed E-state index contributed by atoms with van der Waals surface area (Å²) in [4.78, 5) is 24.1. The molecule has 6 nitrogen and oxygen atoms in total.